The lowest BCUT2D eigenvalue weighted by Gasteiger charge is -2.39. The molecule has 1 fully saturated rings. The van der Waals surface area contributed by atoms with Crippen LogP contribution in [0, 0.1) is 5.41 Å². The summed E-state index contributed by atoms with van der Waals surface area (Å²) >= 11 is 0. The normalized spacial score (nSPS) is 20.4. The SMILES string of the molecule is CN1C(=O)C(Cc2ccc3ccccc3c2)N(C(=O)OC(C)(C)C)C1C(C)(C)C. The molecule has 0 saturated carbocycles. The molecule has 1 saturated heterocycles. The van der Waals surface area contributed by atoms with Gasteiger partial charge in [-0.1, -0.05) is 63.2 Å². The molecular weight excluding hydrogens is 364 g/mol. The molecular formula is C24H32N2O3. The fourth-order valence-corrected chi connectivity index (χ4v) is 4.15. The molecule has 0 aromatic heterocycles. The second-order valence-electron chi connectivity index (χ2n) is 9.98. The molecule has 2 amide bonds. The lowest BCUT2D eigenvalue weighted by atomic mass is 9.91. The molecule has 156 valence electrons. The van der Waals surface area contributed by atoms with Crippen molar-refractivity contribution in [3.05, 3.63) is 48.0 Å². The fraction of sp³-hybridized carbons (Fsp3) is 0.500. The highest BCUT2D eigenvalue weighted by Gasteiger charge is 2.52. The molecule has 5 nitrogen and oxygen atoms in total. The van der Waals surface area contributed by atoms with Gasteiger partial charge in [0.15, 0.2) is 0 Å². The zero-order valence-corrected chi connectivity index (χ0v) is 18.5. The lowest BCUT2D eigenvalue weighted by Crippen LogP contribution is -2.52. The average molecular weight is 397 g/mol. The summed E-state index contributed by atoms with van der Waals surface area (Å²) in [6.07, 6.45) is -0.351. The van der Waals surface area contributed by atoms with Crippen LogP contribution in [0.1, 0.15) is 47.1 Å². The Morgan fingerprint density at radius 3 is 2.21 bits per heavy atom. The van der Waals surface area contributed by atoms with E-state index in [1.807, 2.05) is 59.7 Å². The highest BCUT2D eigenvalue weighted by atomic mass is 16.6. The van der Waals surface area contributed by atoms with Crippen LogP contribution < -0.4 is 0 Å². The first kappa shape index (κ1) is 21.2. The fourth-order valence-electron chi connectivity index (χ4n) is 4.15. The largest absolute Gasteiger partial charge is 0.444 e. The lowest BCUT2D eigenvalue weighted by molar-refractivity contribution is -0.129. The Morgan fingerprint density at radius 2 is 1.62 bits per heavy atom. The number of nitrogens with zero attached hydrogens (tertiary/aromatic N) is 2. The van der Waals surface area contributed by atoms with Gasteiger partial charge in [0.25, 0.3) is 0 Å². The van der Waals surface area contributed by atoms with Gasteiger partial charge in [-0.2, -0.15) is 0 Å². The van der Waals surface area contributed by atoms with E-state index in [2.05, 4.69) is 24.3 Å². The highest BCUT2D eigenvalue weighted by molar-refractivity contribution is 5.90. The summed E-state index contributed by atoms with van der Waals surface area (Å²) in [6, 6.07) is 13.8. The number of hydrogen-bond donors (Lipinski definition) is 0. The predicted molar refractivity (Wildman–Crippen MR) is 116 cm³/mol. The van der Waals surface area contributed by atoms with E-state index in [1.54, 1.807) is 16.8 Å². The van der Waals surface area contributed by atoms with Gasteiger partial charge in [0, 0.05) is 18.9 Å². The summed E-state index contributed by atoms with van der Waals surface area (Å²) in [4.78, 5) is 29.7. The molecule has 5 heteroatoms. The second-order valence-corrected chi connectivity index (χ2v) is 9.98. The molecule has 1 heterocycles. The molecule has 3 rings (SSSR count). The maximum Gasteiger partial charge on any atom is 0.412 e. The molecule has 2 aromatic rings. The summed E-state index contributed by atoms with van der Waals surface area (Å²) in [5.74, 6) is -0.0519. The minimum absolute atomic E-state index is 0.0519. The van der Waals surface area contributed by atoms with Gasteiger partial charge in [-0.15, -0.1) is 0 Å². The van der Waals surface area contributed by atoms with E-state index in [4.69, 9.17) is 4.74 Å². The molecule has 0 aliphatic carbocycles. The van der Waals surface area contributed by atoms with Gasteiger partial charge in [-0.3, -0.25) is 9.69 Å². The monoisotopic (exact) mass is 396 g/mol. The van der Waals surface area contributed by atoms with Crippen molar-refractivity contribution in [1.82, 2.24) is 9.80 Å². The zero-order valence-electron chi connectivity index (χ0n) is 18.5. The highest BCUT2D eigenvalue weighted by Crippen LogP contribution is 2.36. The van der Waals surface area contributed by atoms with Gasteiger partial charge in [-0.25, -0.2) is 4.79 Å². The van der Waals surface area contributed by atoms with Crippen molar-refractivity contribution >= 4 is 22.8 Å². The molecule has 2 unspecified atom stereocenters. The number of carbonyl (C=O) groups excluding carboxylic acids is 2. The Labute approximate surface area is 173 Å². The molecule has 0 bridgehead atoms. The van der Waals surface area contributed by atoms with Crippen LogP contribution in [0.4, 0.5) is 4.79 Å². The number of rotatable bonds is 2. The third-order valence-electron chi connectivity index (χ3n) is 5.22. The van der Waals surface area contributed by atoms with Crippen molar-refractivity contribution in [2.45, 2.75) is 65.8 Å². The Balaban J connectivity index is 1.98. The van der Waals surface area contributed by atoms with E-state index in [0.29, 0.717) is 6.42 Å². The molecule has 0 spiro atoms. The number of likely N-dealkylation sites (N-methyl/N-ethyl adjacent to an activating group) is 1. The molecule has 2 atom stereocenters. The van der Waals surface area contributed by atoms with Gasteiger partial charge >= 0.3 is 6.09 Å². The maximum absolute atomic E-state index is 13.2. The number of ether oxygens (including phenoxy) is 1. The third kappa shape index (κ3) is 4.39. The molecule has 1 aliphatic rings. The van der Waals surface area contributed by atoms with Gasteiger partial charge in [-0.05, 0) is 37.1 Å². The quantitative estimate of drug-likeness (QED) is 0.730. The van der Waals surface area contributed by atoms with Crippen LogP contribution in [0.15, 0.2) is 42.5 Å². The van der Waals surface area contributed by atoms with Crippen molar-refractivity contribution in [3.63, 3.8) is 0 Å². The number of amides is 2. The van der Waals surface area contributed by atoms with Crippen LogP contribution in [-0.2, 0) is 16.0 Å². The van der Waals surface area contributed by atoms with Crippen LogP contribution >= 0.6 is 0 Å². The van der Waals surface area contributed by atoms with Crippen molar-refractivity contribution in [2.75, 3.05) is 7.05 Å². The van der Waals surface area contributed by atoms with Gasteiger partial charge in [0.1, 0.15) is 17.8 Å². The average Bonchev–Trinajstić information content (AvgIpc) is 2.85. The van der Waals surface area contributed by atoms with E-state index < -0.39 is 17.7 Å². The number of benzene rings is 2. The smallest absolute Gasteiger partial charge is 0.412 e. The predicted octanol–water partition coefficient (Wildman–Crippen LogP) is 4.83. The summed E-state index contributed by atoms with van der Waals surface area (Å²) in [5.41, 5.74) is 0.0926. The third-order valence-corrected chi connectivity index (χ3v) is 5.22. The molecule has 2 aromatic carbocycles. The number of fused-ring (bicyclic) bond motifs is 1. The Morgan fingerprint density at radius 1 is 1.00 bits per heavy atom. The topological polar surface area (TPSA) is 49.9 Å². The van der Waals surface area contributed by atoms with E-state index in [-0.39, 0.29) is 17.5 Å². The first-order valence-corrected chi connectivity index (χ1v) is 10.1. The van der Waals surface area contributed by atoms with Crippen LogP contribution in [0.2, 0.25) is 0 Å². The van der Waals surface area contributed by atoms with Gasteiger partial charge in [0.2, 0.25) is 5.91 Å². The maximum atomic E-state index is 13.2. The number of hydrogen-bond acceptors (Lipinski definition) is 3. The van der Waals surface area contributed by atoms with Crippen LogP contribution in [0.3, 0.4) is 0 Å². The molecule has 0 N–H and O–H groups in total. The van der Waals surface area contributed by atoms with Crippen LogP contribution in [-0.4, -0.2) is 46.7 Å². The summed E-state index contributed by atoms with van der Waals surface area (Å²) in [5, 5.41) is 2.28. The minimum Gasteiger partial charge on any atom is -0.444 e. The van der Waals surface area contributed by atoms with Crippen LogP contribution in [0.5, 0.6) is 0 Å². The van der Waals surface area contributed by atoms with Crippen molar-refractivity contribution in [1.29, 1.82) is 0 Å². The Bertz CT molecular complexity index is 924. The van der Waals surface area contributed by atoms with Crippen molar-refractivity contribution in [2.24, 2.45) is 5.41 Å². The first-order chi connectivity index (χ1) is 13.4. The Kier molecular flexibility index (Phi) is 5.37. The van der Waals surface area contributed by atoms with E-state index >= 15 is 0 Å². The van der Waals surface area contributed by atoms with Gasteiger partial charge < -0.3 is 9.64 Å². The Hall–Kier alpha value is -2.56. The number of carbonyl (C=O) groups is 2. The first-order valence-electron chi connectivity index (χ1n) is 10.1. The molecule has 29 heavy (non-hydrogen) atoms. The van der Waals surface area contributed by atoms with E-state index in [9.17, 15) is 9.59 Å². The molecule has 0 radical (unpaired) electrons. The second kappa shape index (κ2) is 7.36. The minimum atomic E-state index is -0.628. The summed E-state index contributed by atoms with van der Waals surface area (Å²) < 4.78 is 5.69. The van der Waals surface area contributed by atoms with Crippen molar-refractivity contribution in [3.8, 4) is 0 Å². The zero-order chi connectivity index (χ0) is 21.6. The van der Waals surface area contributed by atoms with E-state index in [0.717, 1.165) is 16.3 Å². The molecule has 1 aliphatic heterocycles. The van der Waals surface area contributed by atoms with Crippen molar-refractivity contribution < 1.29 is 14.3 Å². The standard InChI is InChI=1S/C24H32N2O3/c1-23(2,3)21-25(7)20(27)19(26(21)22(28)29-24(4,5)6)15-16-12-13-17-10-8-9-11-18(17)14-16/h8-14,19,21H,15H2,1-7H3. The van der Waals surface area contributed by atoms with E-state index in [1.165, 1.54) is 0 Å². The van der Waals surface area contributed by atoms with Crippen LogP contribution in [0.25, 0.3) is 10.8 Å². The summed E-state index contributed by atoms with van der Waals surface area (Å²) in [6.45, 7) is 11.6. The summed E-state index contributed by atoms with van der Waals surface area (Å²) in [7, 11) is 1.77. The van der Waals surface area contributed by atoms with Gasteiger partial charge in [0.05, 0.1) is 0 Å².